The van der Waals surface area contributed by atoms with Gasteiger partial charge in [0, 0.05) is 47.6 Å². The van der Waals surface area contributed by atoms with Gasteiger partial charge in [0.25, 0.3) is 0 Å². The molecule has 1 fully saturated rings. The Labute approximate surface area is 206 Å². The minimum Gasteiger partial charge on any atom is -0.507 e. The number of carbonyl (C=O) groups is 3. The zero-order valence-electron chi connectivity index (χ0n) is 19.7. The second-order valence-corrected chi connectivity index (χ2v) is 9.80. The van der Waals surface area contributed by atoms with E-state index in [1.807, 2.05) is 0 Å². The smallest absolute Gasteiger partial charge is 0.198 e. The lowest BCUT2D eigenvalue weighted by Crippen LogP contribution is -2.52. The Balaban J connectivity index is 1.66. The number of carbonyl (C=O) groups excluding carboxylic acids is 3. The highest BCUT2D eigenvalue weighted by atomic mass is 16.7. The van der Waals surface area contributed by atoms with Gasteiger partial charge in [-0.1, -0.05) is 24.3 Å². The third-order valence-electron chi connectivity index (χ3n) is 7.50. The number of hydrogen-bond donors (Lipinski definition) is 5. The van der Waals surface area contributed by atoms with Crippen LogP contribution < -0.4 is 5.73 Å². The van der Waals surface area contributed by atoms with Crippen LogP contribution in [0.15, 0.2) is 24.3 Å². The molecule has 10 nitrogen and oxygen atoms in total. The number of aromatic hydroxyl groups is 2. The van der Waals surface area contributed by atoms with E-state index >= 15 is 0 Å². The van der Waals surface area contributed by atoms with Crippen LogP contribution in [-0.4, -0.2) is 67.9 Å². The maximum absolute atomic E-state index is 13.3. The van der Waals surface area contributed by atoms with E-state index in [9.17, 15) is 34.8 Å². The summed E-state index contributed by atoms with van der Waals surface area (Å²) in [6, 6.07) is 5.40. The van der Waals surface area contributed by atoms with Crippen LogP contribution in [0.5, 0.6) is 11.5 Å². The Kier molecular flexibility index (Phi) is 5.77. The van der Waals surface area contributed by atoms with E-state index in [2.05, 4.69) is 0 Å². The minimum atomic E-state index is -1.97. The predicted octanol–water partition coefficient (Wildman–Crippen LogP) is 1.02. The molecule has 36 heavy (non-hydrogen) atoms. The van der Waals surface area contributed by atoms with E-state index in [-0.39, 0.29) is 46.2 Å². The number of ether oxygens (including phenoxy) is 2. The molecule has 0 spiro atoms. The van der Waals surface area contributed by atoms with E-state index in [1.165, 1.54) is 19.1 Å². The lowest BCUT2D eigenvalue weighted by atomic mass is 9.72. The SMILES string of the molecule is CC(=O)[C@]1(O)Cc2c(O)c3c(c(O)c2[C@H](O[C@H]2C[C@@H](N)[C@H](O)[C@@H](C)O2)C1)C(=O)c1ccccc1C3=O. The van der Waals surface area contributed by atoms with Crippen molar-refractivity contribution in [2.45, 2.75) is 69.4 Å². The summed E-state index contributed by atoms with van der Waals surface area (Å²) in [6.45, 7) is 2.80. The van der Waals surface area contributed by atoms with Gasteiger partial charge in [-0.3, -0.25) is 14.4 Å². The van der Waals surface area contributed by atoms with Crippen molar-refractivity contribution < 1.29 is 44.3 Å². The lowest BCUT2D eigenvalue weighted by molar-refractivity contribution is -0.247. The quantitative estimate of drug-likeness (QED) is 0.328. The number of benzene rings is 2. The van der Waals surface area contributed by atoms with Crippen LogP contribution in [0.4, 0.5) is 0 Å². The number of ketones is 3. The van der Waals surface area contributed by atoms with Crippen molar-refractivity contribution >= 4 is 17.3 Å². The zero-order valence-corrected chi connectivity index (χ0v) is 19.7. The number of rotatable bonds is 3. The number of phenolic OH excluding ortho intramolecular Hbond substituents is 2. The molecule has 0 bridgehead atoms. The predicted molar refractivity (Wildman–Crippen MR) is 124 cm³/mol. The molecule has 1 saturated heterocycles. The first-order valence-electron chi connectivity index (χ1n) is 11.7. The summed E-state index contributed by atoms with van der Waals surface area (Å²) < 4.78 is 11.8. The molecule has 190 valence electrons. The highest BCUT2D eigenvalue weighted by Gasteiger charge is 2.49. The van der Waals surface area contributed by atoms with Crippen LogP contribution >= 0.6 is 0 Å². The molecule has 6 N–H and O–H groups in total. The molecule has 10 heteroatoms. The fourth-order valence-corrected chi connectivity index (χ4v) is 5.42. The monoisotopic (exact) mass is 497 g/mol. The third-order valence-corrected chi connectivity index (χ3v) is 7.50. The number of aliphatic hydroxyl groups is 2. The molecule has 6 atom stereocenters. The molecule has 2 aromatic carbocycles. The Morgan fingerprint density at radius 1 is 1.11 bits per heavy atom. The van der Waals surface area contributed by atoms with Crippen LogP contribution in [0.3, 0.4) is 0 Å². The van der Waals surface area contributed by atoms with Gasteiger partial charge >= 0.3 is 0 Å². The maximum Gasteiger partial charge on any atom is 0.198 e. The van der Waals surface area contributed by atoms with E-state index in [1.54, 1.807) is 19.1 Å². The molecular formula is C26H27NO9. The zero-order chi connectivity index (χ0) is 26.1. The van der Waals surface area contributed by atoms with Crippen molar-refractivity contribution in [1.29, 1.82) is 0 Å². The second kappa shape index (κ2) is 8.46. The maximum atomic E-state index is 13.3. The second-order valence-electron chi connectivity index (χ2n) is 9.80. The number of phenols is 2. The standard InChI is InChI=1S/C26H27NO9/c1-10-21(29)15(27)7-17(35-10)36-16-9-26(34,11(2)28)8-14-18(16)25(33)20-19(24(14)32)22(30)12-5-3-4-6-13(12)23(20)31/h3-6,10,15-17,21,29,32-34H,7-9,27H2,1-2H3/t10-,15-,16-,17+,21-,26+/m1/s1. The summed E-state index contributed by atoms with van der Waals surface area (Å²) in [5.74, 6) is -3.06. The summed E-state index contributed by atoms with van der Waals surface area (Å²) in [5.41, 5.74) is 3.38. The van der Waals surface area contributed by atoms with Gasteiger partial charge in [0.05, 0.1) is 29.4 Å². The van der Waals surface area contributed by atoms with Gasteiger partial charge in [0.2, 0.25) is 0 Å². The van der Waals surface area contributed by atoms with Crippen molar-refractivity contribution in [3.63, 3.8) is 0 Å². The van der Waals surface area contributed by atoms with E-state index in [0.717, 1.165) is 0 Å². The topological polar surface area (TPSA) is 177 Å². The molecule has 2 aliphatic carbocycles. The Morgan fingerprint density at radius 2 is 1.69 bits per heavy atom. The Bertz CT molecular complexity index is 1290. The van der Waals surface area contributed by atoms with E-state index < -0.39 is 71.5 Å². The first-order valence-corrected chi connectivity index (χ1v) is 11.7. The first kappa shape index (κ1) is 24.5. The number of Topliss-reactive ketones (excluding diaryl/α,β-unsaturated/α-hetero) is 1. The molecule has 2 aromatic rings. The van der Waals surface area contributed by atoms with Crippen molar-refractivity contribution in [2.24, 2.45) is 5.73 Å². The first-order chi connectivity index (χ1) is 16.9. The normalized spacial score (nSPS) is 31.4. The van der Waals surface area contributed by atoms with Gasteiger partial charge in [0.15, 0.2) is 23.6 Å². The van der Waals surface area contributed by atoms with E-state index in [4.69, 9.17) is 15.2 Å². The summed E-state index contributed by atoms with van der Waals surface area (Å²) in [7, 11) is 0. The lowest BCUT2D eigenvalue weighted by Gasteiger charge is -2.42. The fourth-order valence-electron chi connectivity index (χ4n) is 5.42. The van der Waals surface area contributed by atoms with Crippen molar-refractivity contribution in [3.05, 3.63) is 57.6 Å². The Hall–Kier alpha value is -3.15. The highest BCUT2D eigenvalue weighted by molar-refractivity contribution is 6.30. The average molecular weight is 498 g/mol. The minimum absolute atomic E-state index is 0.00588. The molecular weight excluding hydrogens is 470 g/mol. The summed E-state index contributed by atoms with van der Waals surface area (Å²) >= 11 is 0. The number of aliphatic hydroxyl groups excluding tert-OH is 1. The van der Waals surface area contributed by atoms with Crippen LogP contribution in [0.25, 0.3) is 0 Å². The number of nitrogens with two attached hydrogens (primary N) is 1. The molecule has 1 aliphatic heterocycles. The number of hydrogen-bond acceptors (Lipinski definition) is 10. The van der Waals surface area contributed by atoms with Crippen LogP contribution in [0.1, 0.15) is 75.8 Å². The molecule has 0 saturated carbocycles. The van der Waals surface area contributed by atoms with E-state index in [0.29, 0.717) is 0 Å². The summed E-state index contributed by atoms with van der Waals surface area (Å²) in [5, 5.41) is 43.8. The van der Waals surface area contributed by atoms with Crippen LogP contribution in [0, 0.1) is 0 Å². The van der Waals surface area contributed by atoms with Gasteiger partial charge in [-0.25, -0.2) is 0 Å². The van der Waals surface area contributed by atoms with Gasteiger partial charge in [-0.15, -0.1) is 0 Å². The van der Waals surface area contributed by atoms with Gasteiger partial charge < -0.3 is 35.6 Å². The van der Waals surface area contributed by atoms with Crippen molar-refractivity contribution in [2.75, 3.05) is 0 Å². The largest absolute Gasteiger partial charge is 0.507 e. The van der Waals surface area contributed by atoms with Crippen LogP contribution in [0.2, 0.25) is 0 Å². The summed E-state index contributed by atoms with van der Waals surface area (Å²) in [4.78, 5) is 39.0. The van der Waals surface area contributed by atoms with Gasteiger partial charge in [0.1, 0.15) is 17.1 Å². The van der Waals surface area contributed by atoms with Crippen molar-refractivity contribution in [1.82, 2.24) is 0 Å². The average Bonchev–Trinajstić information content (AvgIpc) is 2.82. The third kappa shape index (κ3) is 3.56. The molecule has 0 amide bonds. The molecule has 0 aromatic heterocycles. The summed E-state index contributed by atoms with van der Waals surface area (Å²) in [6.07, 6.45) is -4.38. The molecule has 0 radical (unpaired) electrons. The number of fused-ring (bicyclic) bond motifs is 3. The Morgan fingerprint density at radius 3 is 2.25 bits per heavy atom. The fraction of sp³-hybridized carbons (Fsp3) is 0.423. The highest BCUT2D eigenvalue weighted by Crippen LogP contribution is 2.51. The molecule has 5 rings (SSSR count). The van der Waals surface area contributed by atoms with Crippen molar-refractivity contribution in [3.8, 4) is 11.5 Å². The van der Waals surface area contributed by atoms with Gasteiger partial charge in [-0.2, -0.15) is 0 Å². The molecule has 1 heterocycles. The molecule has 3 aliphatic rings. The molecule has 0 unspecified atom stereocenters. The van der Waals surface area contributed by atoms with Crippen LogP contribution in [-0.2, 0) is 20.7 Å². The van der Waals surface area contributed by atoms with Gasteiger partial charge in [-0.05, 0) is 13.8 Å².